The Morgan fingerprint density at radius 3 is 2.85 bits per heavy atom. The van der Waals surface area contributed by atoms with Crippen molar-refractivity contribution in [3.8, 4) is 11.4 Å². The SMILES string of the molecule is OCc1cc(-c2cnccn2)n[nH]1. The molecule has 2 heterocycles. The van der Waals surface area contributed by atoms with Crippen molar-refractivity contribution < 1.29 is 5.11 Å². The van der Waals surface area contributed by atoms with E-state index in [1.165, 1.54) is 0 Å². The Morgan fingerprint density at radius 2 is 2.23 bits per heavy atom. The molecule has 13 heavy (non-hydrogen) atoms. The van der Waals surface area contributed by atoms with Crippen LogP contribution in [0.15, 0.2) is 24.7 Å². The predicted molar refractivity (Wildman–Crippen MR) is 45.5 cm³/mol. The van der Waals surface area contributed by atoms with Gasteiger partial charge in [-0.1, -0.05) is 0 Å². The number of aromatic amines is 1. The Bertz CT molecular complexity index is 384. The fraction of sp³-hybridized carbons (Fsp3) is 0.125. The van der Waals surface area contributed by atoms with Gasteiger partial charge in [0.15, 0.2) is 0 Å². The van der Waals surface area contributed by atoms with E-state index in [1.54, 1.807) is 24.7 Å². The van der Waals surface area contributed by atoms with E-state index < -0.39 is 0 Å². The molecule has 0 aliphatic rings. The number of aliphatic hydroxyl groups excluding tert-OH is 1. The molecule has 2 N–H and O–H groups in total. The summed E-state index contributed by atoms with van der Waals surface area (Å²) in [6.07, 6.45) is 4.82. The Kier molecular flexibility index (Phi) is 2.01. The summed E-state index contributed by atoms with van der Waals surface area (Å²) in [7, 11) is 0. The summed E-state index contributed by atoms with van der Waals surface area (Å²) in [5, 5.41) is 15.4. The number of rotatable bonds is 2. The maximum Gasteiger partial charge on any atom is 0.112 e. The Morgan fingerprint density at radius 1 is 1.31 bits per heavy atom. The van der Waals surface area contributed by atoms with E-state index in [0.717, 1.165) is 0 Å². The van der Waals surface area contributed by atoms with Crippen LogP contribution in [0.3, 0.4) is 0 Å². The lowest BCUT2D eigenvalue weighted by molar-refractivity contribution is 0.276. The molecular formula is C8H8N4O. The maximum absolute atomic E-state index is 8.79. The number of H-pyrrole nitrogens is 1. The summed E-state index contributed by atoms with van der Waals surface area (Å²) >= 11 is 0. The number of aromatic nitrogens is 4. The minimum absolute atomic E-state index is 0.0484. The fourth-order valence-electron chi connectivity index (χ4n) is 1.01. The zero-order valence-corrected chi connectivity index (χ0v) is 6.81. The summed E-state index contributed by atoms with van der Waals surface area (Å²) in [5.41, 5.74) is 2.05. The molecule has 0 bridgehead atoms. The molecule has 5 nitrogen and oxygen atoms in total. The summed E-state index contributed by atoms with van der Waals surface area (Å²) < 4.78 is 0. The molecule has 0 aliphatic carbocycles. The van der Waals surface area contributed by atoms with E-state index in [0.29, 0.717) is 17.1 Å². The molecule has 0 aromatic carbocycles. The zero-order valence-electron chi connectivity index (χ0n) is 6.81. The molecule has 66 valence electrons. The largest absolute Gasteiger partial charge is 0.390 e. The van der Waals surface area contributed by atoms with Gasteiger partial charge in [-0.25, -0.2) is 0 Å². The topological polar surface area (TPSA) is 74.7 Å². The monoisotopic (exact) mass is 176 g/mol. The quantitative estimate of drug-likeness (QED) is 0.692. The standard InChI is InChI=1S/C8H8N4O/c13-5-6-3-7(12-11-6)8-4-9-1-2-10-8/h1-4,13H,5H2,(H,11,12). The number of nitrogens with zero attached hydrogens (tertiary/aromatic N) is 3. The second-order valence-corrected chi connectivity index (χ2v) is 2.53. The highest BCUT2D eigenvalue weighted by Gasteiger charge is 2.03. The molecule has 0 aliphatic heterocycles. The lowest BCUT2D eigenvalue weighted by Gasteiger charge is -1.90. The van der Waals surface area contributed by atoms with Crippen LogP contribution >= 0.6 is 0 Å². The van der Waals surface area contributed by atoms with Gasteiger partial charge >= 0.3 is 0 Å². The van der Waals surface area contributed by atoms with Crippen molar-refractivity contribution in [3.05, 3.63) is 30.4 Å². The van der Waals surface area contributed by atoms with Crippen molar-refractivity contribution in [1.29, 1.82) is 0 Å². The van der Waals surface area contributed by atoms with Crippen LogP contribution in [-0.2, 0) is 6.61 Å². The average molecular weight is 176 g/mol. The molecule has 0 amide bonds. The van der Waals surface area contributed by atoms with Crippen molar-refractivity contribution in [2.45, 2.75) is 6.61 Å². The minimum atomic E-state index is -0.0484. The predicted octanol–water partition coefficient (Wildman–Crippen LogP) is 0.359. The van der Waals surface area contributed by atoms with Crippen LogP contribution in [0.4, 0.5) is 0 Å². The van der Waals surface area contributed by atoms with E-state index in [4.69, 9.17) is 5.11 Å². The van der Waals surface area contributed by atoms with E-state index in [2.05, 4.69) is 20.2 Å². The van der Waals surface area contributed by atoms with Gasteiger partial charge in [0.25, 0.3) is 0 Å². The van der Waals surface area contributed by atoms with Crippen molar-refractivity contribution in [2.24, 2.45) is 0 Å². The molecule has 0 saturated carbocycles. The number of hydrogen-bond acceptors (Lipinski definition) is 4. The Balaban J connectivity index is 2.36. The summed E-state index contributed by atoms with van der Waals surface area (Å²) in [5.74, 6) is 0. The van der Waals surface area contributed by atoms with E-state index >= 15 is 0 Å². The van der Waals surface area contributed by atoms with Crippen LogP contribution < -0.4 is 0 Å². The van der Waals surface area contributed by atoms with Crippen molar-refractivity contribution in [3.63, 3.8) is 0 Å². The molecule has 0 atom stereocenters. The first kappa shape index (κ1) is 7.88. The van der Waals surface area contributed by atoms with E-state index in [-0.39, 0.29) is 6.61 Å². The Labute approximate surface area is 74.5 Å². The van der Waals surface area contributed by atoms with Gasteiger partial charge in [-0.05, 0) is 6.07 Å². The molecule has 2 rings (SSSR count). The number of nitrogens with one attached hydrogen (secondary N) is 1. The summed E-state index contributed by atoms with van der Waals surface area (Å²) in [6.45, 7) is -0.0484. The second kappa shape index (κ2) is 3.32. The highest BCUT2D eigenvalue weighted by Crippen LogP contribution is 2.12. The van der Waals surface area contributed by atoms with Gasteiger partial charge in [0, 0.05) is 12.4 Å². The van der Waals surface area contributed by atoms with Crippen molar-refractivity contribution >= 4 is 0 Å². The van der Waals surface area contributed by atoms with E-state index in [9.17, 15) is 0 Å². The summed E-state index contributed by atoms with van der Waals surface area (Å²) in [6, 6.07) is 1.74. The van der Waals surface area contributed by atoms with Crippen LogP contribution in [0.5, 0.6) is 0 Å². The first-order valence-corrected chi connectivity index (χ1v) is 3.81. The number of hydrogen-bond donors (Lipinski definition) is 2. The van der Waals surface area contributed by atoms with Crippen molar-refractivity contribution in [1.82, 2.24) is 20.2 Å². The molecule has 2 aromatic heterocycles. The molecule has 0 fully saturated rings. The average Bonchev–Trinajstić information content (AvgIpc) is 2.67. The molecule has 0 unspecified atom stereocenters. The van der Waals surface area contributed by atoms with Gasteiger partial charge < -0.3 is 5.11 Å². The van der Waals surface area contributed by atoms with Crippen LogP contribution in [0.1, 0.15) is 5.69 Å². The van der Waals surface area contributed by atoms with Gasteiger partial charge in [0.2, 0.25) is 0 Å². The third kappa shape index (κ3) is 1.54. The third-order valence-electron chi connectivity index (χ3n) is 1.63. The van der Waals surface area contributed by atoms with Gasteiger partial charge in [-0.2, -0.15) is 5.10 Å². The lowest BCUT2D eigenvalue weighted by Crippen LogP contribution is -1.83. The Hall–Kier alpha value is -1.75. The van der Waals surface area contributed by atoms with Crippen LogP contribution in [0.25, 0.3) is 11.4 Å². The zero-order chi connectivity index (χ0) is 9.10. The first-order chi connectivity index (χ1) is 6.40. The maximum atomic E-state index is 8.79. The molecule has 2 aromatic rings. The molecule has 0 radical (unpaired) electrons. The van der Waals surface area contributed by atoms with Gasteiger partial charge in [-0.15, -0.1) is 0 Å². The van der Waals surface area contributed by atoms with Gasteiger partial charge in [0.1, 0.15) is 11.4 Å². The van der Waals surface area contributed by atoms with Crippen LogP contribution in [-0.4, -0.2) is 25.3 Å². The lowest BCUT2D eigenvalue weighted by atomic mass is 10.3. The van der Waals surface area contributed by atoms with Crippen LogP contribution in [0.2, 0.25) is 0 Å². The first-order valence-electron chi connectivity index (χ1n) is 3.81. The normalized spacial score (nSPS) is 10.2. The van der Waals surface area contributed by atoms with Crippen LogP contribution in [0, 0.1) is 0 Å². The molecule has 0 spiro atoms. The van der Waals surface area contributed by atoms with E-state index in [1.807, 2.05) is 0 Å². The smallest absolute Gasteiger partial charge is 0.112 e. The van der Waals surface area contributed by atoms with Gasteiger partial charge in [-0.3, -0.25) is 15.1 Å². The fourth-order valence-corrected chi connectivity index (χ4v) is 1.01. The second-order valence-electron chi connectivity index (χ2n) is 2.53. The minimum Gasteiger partial charge on any atom is -0.390 e. The summed E-state index contributed by atoms with van der Waals surface area (Å²) in [4.78, 5) is 7.99. The number of aliphatic hydroxyl groups is 1. The molecule has 5 heteroatoms. The highest BCUT2D eigenvalue weighted by molar-refractivity contribution is 5.52. The van der Waals surface area contributed by atoms with Crippen molar-refractivity contribution in [2.75, 3.05) is 0 Å². The van der Waals surface area contributed by atoms with Gasteiger partial charge in [0.05, 0.1) is 18.5 Å². The molecule has 0 saturated heterocycles. The third-order valence-corrected chi connectivity index (χ3v) is 1.63. The highest BCUT2D eigenvalue weighted by atomic mass is 16.3. The molecular weight excluding hydrogens is 168 g/mol.